The number of hydrogen-bond acceptors (Lipinski definition) is 5. The molecule has 0 bridgehead atoms. The normalized spacial score (nSPS) is 10.1. The summed E-state index contributed by atoms with van der Waals surface area (Å²) in [5, 5.41) is 3.96. The smallest absolute Gasteiger partial charge is 0.202 e. The fourth-order valence-electron chi connectivity index (χ4n) is 1.05. The van der Waals surface area contributed by atoms with Crippen LogP contribution in [0.5, 0.6) is 0 Å². The van der Waals surface area contributed by atoms with Crippen molar-refractivity contribution in [1.29, 1.82) is 0 Å². The number of rotatable bonds is 3. The van der Waals surface area contributed by atoms with Crippen molar-refractivity contribution < 1.29 is 0 Å². The number of nitrogens with one attached hydrogen (secondary N) is 1. The van der Waals surface area contributed by atoms with Crippen LogP contribution in [0.2, 0.25) is 0 Å². The van der Waals surface area contributed by atoms with Crippen LogP contribution in [0.25, 0.3) is 11.5 Å². The summed E-state index contributed by atoms with van der Waals surface area (Å²) in [6, 6.07) is 5.70. The third kappa shape index (κ3) is 1.88. The van der Waals surface area contributed by atoms with Gasteiger partial charge in [0.05, 0.1) is 0 Å². The maximum atomic E-state index is 4.30. The lowest BCUT2D eigenvalue weighted by atomic mass is 10.3. The van der Waals surface area contributed by atoms with Gasteiger partial charge in [0.1, 0.15) is 5.69 Å². The molecule has 14 heavy (non-hydrogen) atoms. The molecule has 0 aliphatic rings. The average molecular weight is 206 g/mol. The first-order chi connectivity index (χ1) is 6.90. The standard InChI is InChI=1S/C9H10N4S/c1-2-10-9-12-8(13-14-9)7-5-3-4-6-11-7/h3-6H,2H2,1H3,(H,10,12,13). The molecule has 2 aromatic rings. The van der Waals surface area contributed by atoms with Gasteiger partial charge in [-0.3, -0.25) is 4.98 Å². The molecule has 0 aliphatic carbocycles. The zero-order valence-corrected chi connectivity index (χ0v) is 8.58. The Morgan fingerprint density at radius 2 is 2.36 bits per heavy atom. The first-order valence-corrected chi connectivity index (χ1v) is 5.16. The first kappa shape index (κ1) is 9.08. The van der Waals surface area contributed by atoms with E-state index in [9.17, 15) is 0 Å². The van der Waals surface area contributed by atoms with Gasteiger partial charge < -0.3 is 5.32 Å². The minimum Gasteiger partial charge on any atom is -0.361 e. The summed E-state index contributed by atoms with van der Waals surface area (Å²) in [6.07, 6.45) is 1.74. The minimum absolute atomic E-state index is 0.687. The molecule has 0 saturated heterocycles. The van der Waals surface area contributed by atoms with Crippen LogP contribution in [-0.4, -0.2) is 20.9 Å². The van der Waals surface area contributed by atoms with Gasteiger partial charge in [-0.1, -0.05) is 6.07 Å². The molecule has 0 fully saturated rings. The Balaban J connectivity index is 2.25. The molecule has 1 N–H and O–H groups in total. The second kappa shape index (κ2) is 4.15. The molecule has 0 radical (unpaired) electrons. The summed E-state index contributed by atoms with van der Waals surface area (Å²) in [5.74, 6) is 0.687. The Morgan fingerprint density at radius 1 is 1.43 bits per heavy atom. The predicted molar refractivity (Wildman–Crippen MR) is 57.3 cm³/mol. The van der Waals surface area contributed by atoms with E-state index in [-0.39, 0.29) is 0 Å². The van der Waals surface area contributed by atoms with Crippen molar-refractivity contribution in [3.05, 3.63) is 24.4 Å². The van der Waals surface area contributed by atoms with E-state index in [0.717, 1.165) is 17.4 Å². The fourth-order valence-corrected chi connectivity index (χ4v) is 1.69. The number of hydrogen-bond donors (Lipinski definition) is 1. The summed E-state index contributed by atoms with van der Waals surface area (Å²) < 4.78 is 4.21. The highest BCUT2D eigenvalue weighted by atomic mass is 32.1. The van der Waals surface area contributed by atoms with Gasteiger partial charge in [0, 0.05) is 24.3 Å². The summed E-state index contributed by atoms with van der Waals surface area (Å²) in [5.41, 5.74) is 0.813. The fraction of sp³-hybridized carbons (Fsp3) is 0.222. The molecule has 0 amide bonds. The van der Waals surface area contributed by atoms with Gasteiger partial charge in [0.25, 0.3) is 0 Å². The molecule has 0 aromatic carbocycles. The number of aromatic nitrogens is 3. The van der Waals surface area contributed by atoms with Crippen molar-refractivity contribution in [1.82, 2.24) is 14.3 Å². The Labute approximate surface area is 86.2 Å². The Morgan fingerprint density at radius 3 is 3.07 bits per heavy atom. The number of pyridine rings is 1. The molecule has 2 rings (SSSR count). The van der Waals surface area contributed by atoms with Crippen LogP contribution in [0.4, 0.5) is 5.13 Å². The summed E-state index contributed by atoms with van der Waals surface area (Å²) in [4.78, 5) is 8.48. The van der Waals surface area contributed by atoms with E-state index in [4.69, 9.17) is 0 Å². The summed E-state index contributed by atoms with van der Waals surface area (Å²) in [7, 11) is 0. The summed E-state index contributed by atoms with van der Waals surface area (Å²) >= 11 is 1.36. The quantitative estimate of drug-likeness (QED) is 0.834. The van der Waals surface area contributed by atoms with Gasteiger partial charge in [-0.05, 0) is 19.1 Å². The average Bonchev–Trinajstić information content (AvgIpc) is 2.68. The second-order valence-electron chi connectivity index (χ2n) is 2.67. The maximum Gasteiger partial charge on any atom is 0.202 e. The Hall–Kier alpha value is -1.49. The highest BCUT2D eigenvalue weighted by molar-refractivity contribution is 7.09. The van der Waals surface area contributed by atoms with Crippen LogP contribution in [0.1, 0.15) is 6.92 Å². The molecule has 5 heteroatoms. The van der Waals surface area contributed by atoms with Crippen LogP contribution in [0, 0.1) is 0 Å². The highest BCUT2D eigenvalue weighted by Gasteiger charge is 2.05. The molecule has 0 spiro atoms. The van der Waals surface area contributed by atoms with E-state index >= 15 is 0 Å². The van der Waals surface area contributed by atoms with Gasteiger partial charge >= 0.3 is 0 Å². The van der Waals surface area contributed by atoms with E-state index in [1.165, 1.54) is 11.5 Å². The highest BCUT2D eigenvalue weighted by Crippen LogP contribution is 2.18. The van der Waals surface area contributed by atoms with E-state index in [1.807, 2.05) is 25.1 Å². The zero-order valence-electron chi connectivity index (χ0n) is 7.77. The number of anilines is 1. The lowest BCUT2D eigenvalue weighted by Crippen LogP contribution is -1.95. The van der Waals surface area contributed by atoms with E-state index in [1.54, 1.807) is 6.20 Å². The molecular formula is C9H10N4S. The van der Waals surface area contributed by atoms with Crippen LogP contribution in [-0.2, 0) is 0 Å². The van der Waals surface area contributed by atoms with Crippen LogP contribution in [0.15, 0.2) is 24.4 Å². The Kier molecular flexibility index (Phi) is 2.69. The van der Waals surface area contributed by atoms with Crippen molar-refractivity contribution in [2.45, 2.75) is 6.92 Å². The first-order valence-electron chi connectivity index (χ1n) is 4.39. The van der Waals surface area contributed by atoms with Crippen molar-refractivity contribution in [3.63, 3.8) is 0 Å². The molecule has 2 aromatic heterocycles. The molecular weight excluding hydrogens is 196 g/mol. The SMILES string of the molecule is CCNc1nc(-c2ccccn2)ns1. The van der Waals surface area contributed by atoms with Crippen molar-refractivity contribution in [3.8, 4) is 11.5 Å². The van der Waals surface area contributed by atoms with Gasteiger partial charge in [-0.15, -0.1) is 0 Å². The minimum atomic E-state index is 0.687. The van der Waals surface area contributed by atoms with E-state index in [0.29, 0.717) is 5.82 Å². The van der Waals surface area contributed by atoms with Gasteiger partial charge in [-0.2, -0.15) is 9.36 Å². The van der Waals surface area contributed by atoms with Gasteiger partial charge in [0.15, 0.2) is 5.82 Å². The number of nitrogens with zero attached hydrogens (tertiary/aromatic N) is 3. The molecule has 0 aliphatic heterocycles. The maximum absolute atomic E-state index is 4.30. The van der Waals surface area contributed by atoms with Crippen molar-refractivity contribution in [2.75, 3.05) is 11.9 Å². The molecule has 0 atom stereocenters. The largest absolute Gasteiger partial charge is 0.361 e. The van der Waals surface area contributed by atoms with Crippen molar-refractivity contribution in [2.24, 2.45) is 0 Å². The monoisotopic (exact) mass is 206 g/mol. The molecule has 2 heterocycles. The third-order valence-electron chi connectivity index (χ3n) is 1.65. The topological polar surface area (TPSA) is 50.7 Å². The molecule has 72 valence electrons. The van der Waals surface area contributed by atoms with E-state index < -0.39 is 0 Å². The third-order valence-corrected chi connectivity index (χ3v) is 2.32. The lowest BCUT2D eigenvalue weighted by molar-refractivity contribution is 1.17. The van der Waals surface area contributed by atoms with E-state index in [2.05, 4.69) is 19.7 Å². The molecule has 0 unspecified atom stereocenters. The van der Waals surface area contributed by atoms with Gasteiger partial charge in [0.2, 0.25) is 5.13 Å². The molecule has 0 saturated carbocycles. The van der Waals surface area contributed by atoms with Crippen LogP contribution in [0.3, 0.4) is 0 Å². The predicted octanol–water partition coefficient (Wildman–Crippen LogP) is 2.03. The molecule has 4 nitrogen and oxygen atoms in total. The zero-order chi connectivity index (χ0) is 9.80. The van der Waals surface area contributed by atoms with Crippen LogP contribution < -0.4 is 5.32 Å². The summed E-state index contributed by atoms with van der Waals surface area (Å²) in [6.45, 7) is 2.89. The van der Waals surface area contributed by atoms with Gasteiger partial charge in [-0.25, -0.2) is 0 Å². The second-order valence-corrected chi connectivity index (χ2v) is 3.42. The Bertz CT molecular complexity index is 398. The van der Waals surface area contributed by atoms with Crippen LogP contribution >= 0.6 is 11.5 Å². The lowest BCUT2D eigenvalue weighted by Gasteiger charge is -1.93. The van der Waals surface area contributed by atoms with Crippen molar-refractivity contribution >= 4 is 16.7 Å².